The molecule has 0 N–H and O–H groups in total. The number of methoxy groups -OCH3 is 3. The molecule has 2 aromatic carbocycles. The van der Waals surface area contributed by atoms with Gasteiger partial charge in [0, 0.05) is 11.3 Å². The van der Waals surface area contributed by atoms with Crippen molar-refractivity contribution in [1.82, 2.24) is 9.78 Å². The van der Waals surface area contributed by atoms with Crippen molar-refractivity contribution in [2.75, 3.05) is 21.3 Å². The van der Waals surface area contributed by atoms with Gasteiger partial charge in [-0.15, -0.1) is 0 Å². The zero-order valence-electron chi connectivity index (χ0n) is 17.9. The van der Waals surface area contributed by atoms with Crippen LogP contribution in [0, 0.1) is 13.8 Å². The molecule has 0 fully saturated rings. The van der Waals surface area contributed by atoms with E-state index in [4.69, 9.17) is 14.2 Å². The molecule has 0 spiro atoms. The average molecular weight is 406 g/mol. The number of ether oxygens (including phenoxy) is 3. The van der Waals surface area contributed by atoms with Gasteiger partial charge in [0.25, 0.3) is 0 Å². The minimum atomic E-state index is -0.165. The molecule has 3 rings (SSSR count). The number of benzene rings is 2. The fourth-order valence-corrected chi connectivity index (χ4v) is 3.29. The van der Waals surface area contributed by atoms with Gasteiger partial charge in [-0.1, -0.05) is 12.1 Å². The summed E-state index contributed by atoms with van der Waals surface area (Å²) in [5.41, 5.74) is 4.38. The number of ketones is 1. The molecule has 1 aromatic heterocycles. The van der Waals surface area contributed by atoms with Crippen LogP contribution in [0.15, 0.2) is 48.5 Å². The number of aromatic nitrogens is 2. The van der Waals surface area contributed by atoms with E-state index >= 15 is 0 Å². The quantitative estimate of drug-likeness (QED) is 0.408. The van der Waals surface area contributed by atoms with Crippen LogP contribution in [-0.4, -0.2) is 36.9 Å². The van der Waals surface area contributed by atoms with Crippen molar-refractivity contribution in [2.45, 2.75) is 20.4 Å². The fraction of sp³-hybridized carbons (Fsp3) is 0.250. The average Bonchev–Trinajstić information content (AvgIpc) is 3.08. The van der Waals surface area contributed by atoms with E-state index in [0.29, 0.717) is 23.6 Å². The highest BCUT2D eigenvalue weighted by molar-refractivity contribution is 6.08. The highest BCUT2D eigenvalue weighted by Crippen LogP contribution is 2.26. The number of nitrogens with zero attached hydrogens (tertiary/aromatic N) is 2. The molecule has 6 nitrogen and oxygen atoms in total. The number of rotatable bonds is 8. The maximum Gasteiger partial charge on any atom is 0.189 e. The summed E-state index contributed by atoms with van der Waals surface area (Å²) < 4.78 is 18.0. The molecular formula is C24H26N2O4. The van der Waals surface area contributed by atoms with Crippen LogP contribution in [0.4, 0.5) is 0 Å². The second-order valence-corrected chi connectivity index (χ2v) is 6.92. The SMILES string of the molecule is COc1ccc(OC)c(C(=O)/C=C/c2ccc(OC)c(Cn3nc(C)cc3C)c2)c1. The van der Waals surface area contributed by atoms with E-state index in [9.17, 15) is 4.79 Å². The van der Waals surface area contributed by atoms with Crippen molar-refractivity contribution in [2.24, 2.45) is 0 Å². The minimum Gasteiger partial charge on any atom is -0.497 e. The van der Waals surface area contributed by atoms with Crippen molar-refractivity contribution in [3.63, 3.8) is 0 Å². The van der Waals surface area contributed by atoms with E-state index in [1.807, 2.05) is 42.8 Å². The van der Waals surface area contributed by atoms with Crippen molar-refractivity contribution in [3.05, 3.63) is 76.6 Å². The standard InChI is InChI=1S/C24H26N2O4/c1-16-12-17(2)26(25-16)15-19-13-18(7-10-23(19)29-4)6-9-22(27)21-14-20(28-3)8-11-24(21)30-5/h6-14H,15H2,1-5H3/b9-6+. The number of carbonyl (C=O) groups is 1. The molecule has 3 aromatic rings. The second-order valence-electron chi connectivity index (χ2n) is 6.92. The highest BCUT2D eigenvalue weighted by atomic mass is 16.5. The largest absolute Gasteiger partial charge is 0.497 e. The number of hydrogen-bond acceptors (Lipinski definition) is 5. The Kier molecular flexibility index (Phi) is 6.57. The van der Waals surface area contributed by atoms with Crippen LogP contribution in [0.3, 0.4) is 0 Å². The molecule has 1 heterocycles. The first kappa shape index (κ1) is 21.2. The molecule has 0 aliphatic heterocycles. The third-order valence-corrected chi connectivity index (χ3v) is 4.83. The van der Waals surface area contributed by atoms with Gasteiger partial charge in [-0.05, 0) is 61.9 Å². The van der Waals surface area contributed by atoms with E-state index in [1.165, 1.54) is 13.2 Å². The Hall–Kier alpha value is -3.54. The fourth-order valence-electron chi connectivity index (χ4n) is 3.29. The van der Waals surface area contributed by atoms with Crippen LogP contribution < -0.4 is 14.2 Å². The van der Waals surface area contributed by atoms with E-state index < -0.39 is 0 Å². The molecule has 0 saturated carbocycles. The normalized spacial score (nSPS) is 11.0. The lowest BCUT2D eigenvalue weighted by Gasteiger charge is -2.11. The van der Waals surface area contributed by atoms with Crippen LogP contribution in [0.2, 0.25) is 0 Å². The third-order valence-electron chi connectivity index (χ3n) is 4.83. The van der Waals surface area contributed by atoms with Crippen LogP contribution >= 0.6 is 0 Å². The lowest BCUT2D eigenvalue weighted by atomic mass is 10.1. The first-order chi connectivity index (χ1) is 14.4. The smallest absolute Gasteiger partial charge is 0.189 e. The minimum absolute atomic E-state index is 0.165. The molecule has 0 amide bonds. The van der Waals surface area contributed by atoms with Crippen LogP contribution in [0.25, 0.3) is 6.08 Å². The topological polar surface area (TPSA) is 62.6 Å². The van der Waals surface area contributed by atoms with E-state index in [1.54, 1.807) is 38.5 Å². The van der Waals surface area contributed by atoms with Gasteiger partial charge in [0.2, 0.25) is 0 Å². The first-order valence-electron chi connectivity index (χ1n) is 9.57. The van der Waals surface area contributed by atoms with Gasteiger partial charge in [0.1, 0.15) is 17.2 Å². The van der Waals surface area contributed by atoms with Gasteiger partial charge in [0.15, 0.2) is 5.78 Å². The van der Waals surface area contributed by atoms with Crippen LogP contribution in [0.1, 0.15) is 32.9 Å². The molecule has 0 bridgehead atoms. The lowest BCUT2D eigenvalue weighted by molar-refractivity contribution is 0.104. The number of allylic oxidation sites excluding steroid dienone is 1. The summed E-state index contributed by atoms with van der Waals surface area (Å²) in [6.07, 6.45) is 3.32. The highest BCUT2D eigenvalue weighted by Gasteiger charge is 2.12. The summed E-state index contributed by atoms with van der Waals surface area (Å²) in [6.45, 7) is 4.58. The zero-order valence-corrected chi connectivity index (χ0v) is 17.9. The molecule has 0 unspecified atom stereocenters. The number of hydrogen-bond donors (Lipinski definition) is 0. The summed E-state index contributed by atoms with van der Waals surface area (Å²) in [5.74, 6) is 1.72. The number of aryl methyl sites for hydroxylation is 2. The van der Waals surface area contributed by atoms with E-state index in [-0.39, 0.29) is 5.78 Å². The predicted molar refractivity (Wildman–Crippen MR) is 117 cm³/mol. The molecule has 30 heavy (non-hydrogen) atoms. The Morgan fingerprint density at radius 1 is 0.967 bits per heavy atom. The Morgan fingerprint density at radius 3 is 2.33 bits per heavy atom. The molecule has 0 saturated heterocycles. The molecule has 156 valence electrons. The molecular weight excluding hydrogens is 380 g/mol. The van der Waals surface area contributed by atoms with Crippen molar-refractivity contribution < 1.29 is 19.0 Å². The Balaban J connectivity index is 1.87. The van der Waals surface area contributed by atoms with Gasteiger partial charge in [-0.3, -0.25) is 9.48 Å². The Labute approximate surface area is 176 Å². The summed E-state index contributed by atoms with van der Waals surface area (Å²) >= 11 is 0. The molecule has 0 radical (unpaired) electrons. The lowest BCUT2D eigenvalue weighted by Crippen LogP contribution is -2.05. The van der Waals surface area contributed by atoms with E-state index in [2.05, 4.69) is 5.10 Å². The van der Waals surface area contributed by atoms with Crippen molar-refractivity contribution in [3.8, 4) is 17.2 Å². The van der Waals surface area contributed by atoms with Gasteiger partial charge in [-0.25, -0.2) is 0 Å². The molecule has 6 heteroatoms. The van der Waals surface area contributed by atoms with Crippen molar-refractivity contribution >= 4 is 11.9 Å². The van der Waals surface area contributed by atoms with Gasteiger partial charge in [-0.2, -0.15) is 5.10 Å². The molecule has 0 aliphatic carbocycles. The molecule has 0 atom stereocenters. The maximum atomic E-state index is 12.8. The zero-order chi connectivity index (χ0) is 21.7. The summed E-state index contributed by atoms with van der Waals surface area (Å²) in [7, 11) is 4.75. The first-order valence-corrected chi connectivity index (χ1v) is 9.57. The monoisotopic (exact) mass is 406 g/mol. The van der Waals surface area contributed by atoms with Gasteiger partial charge >= 0.3 is 0 Å². The second kappa shape index (κ2) is 9.31. The predicted octanol–water partition coefficient (Wildman–Crippen LogP) is 4.47. The summed E-state index contributed by atoms with van der Waals surface area (Å²) in [5, 5.41) is 4.52. The summed E-state index contributed by atoms with van der Waals surface area (Å²) in [4.78, 5) is 12.8. The third kappa shape index (κ3) is 4.71. The maximum absolute atomic E-state index is 12.8. The Bertz CT molecular complexity index is 1080. The number of carbonyl (C=O) groups excluding carboxylic acids is 1. The van der Waals surface area contributed by atoms with Gasteiger partial charge < -0.3 is 14.2 Å². The van der Waals surface area contributed by atoms with E-state index in [0.717, 1.165) is 28.3 Å². The van der Waals surface area contributed by atoms with Gasteiger partial charge in [0.05, 0.1) is 39.1 Å². The van der Waals surface area contributed by atoms with Crippen molar-refractivity contribution in [1.29, 1.82) is 0 Å². The summed E-state index contributed by atoms with van der Waals surface area (Å²) in [6, 6.07) is 13.0. The Morgan fingerprint density at radius 2 is 1.70 bits per heavy atom. The van der Waals surface area contributed by atoms with Crippen LogP contribution in [-0.2, 0) is 6.54 Å². The van der Waals surface area contributed by atoms with Crippen LogP contribution in [0.5, 0.6) is 17.2 Å². The molecule has 0 aliphatic rings.